The summed E-state index contributed by atoms with van der Waals surface area (Å²) in [6.07, 6.45) is 7.96. The van der Waals surface area contributed by atoms with E-state index in [-0.39, 0.29) is 11.7 Å². The van der Waals surface area contributed by atoms with Crippen LogP contribution in [0.3, 0.4) is 0 Å². The van der Waals surface area contributed by atoms with Crippen LogP contribution in [-0.2, 0) is 11.2 Å². The highest BCUT2D eigenvalue weighted by Crippen LogP contribution is 2.44. The van der Waals surface area contributed by atoms with Crippen LogP contribution in [0.5, 0.6) is 5.75 Å². The third-order valence-electron chi connectivity index (χ3n) is 5.27. The van der Waals surface area contributed by atoms with Crippen molar-refractivity contribution in [3.05, 3.63) is 71.8 Å². The predicted octanol–water partition coefficient (Wildman–Crippen LogP) is 5.03. The van der Waals surface area contributed by atoms with Crippen molar-refractivity contribution in [3.8, 4) is 5.75 Å². The van der Waals surface area contributed by atoms with Crippen LogP contribution in [0.2, 0.25) is 0 Å². The zero-order chi connectivity index (χ0) is 16.4. The van der Waals surface area contributed by atoms with Gasteiger partial charge in [0.05, 0.1) is 18.8 Å². The molecule has 1 fully saturated rings. The predicted molar refractivity (Wildman–Crippen MR) is 97.2 cm³/mol. The Bertz CT molecular complexity index is 735. The van der Waals surface area contributed by atoms with Crippen molar-refractivity contribution in [1.82, 2.24) is 0 Å². The number of ether oxygens (including phenoxy) is 2. The van der Waals surface area contributed by atoms with Crippen LogP contribution in [0.15, 0.2) is 60.7 Å². The lowest BCUT2D eigenvalue weighted by Crippen LogP contribution is -2.45. The zero-order valence-electron chi connectivity index (χ0n) is 14.2. The van der Waals surface area contributed by atoms with Crippen LogP contribution in [0.1, 0.15) is 36.8 Å². The fraction of sp³-hybridized carbons (Fsp3) is 0.364. The lowest BCUT2D eigenvalue weighted by atomic mass is 9.76. The molecule has 0 aromatic heterocycles. The number of methoxy groups -OCH3 is 1. The van der Waals surface area contributed by atoms with Gasteiger partial charge in [-0.2, -0.15) is 0 Å². The number of rotatable bonds is 4. The molecule has 2 atom stereocenters. The standard InChI is InChI=1S/C22H24O2/c1-23-21-12-6-5-10-18(21)15-22-13-7-11-20(24-22)14-19(16-22)17-8-3-2-4-9-17/h2-6,8-10,12,14,20H,7,11,13,15-16H2,1H3/t20-,22-/m0/s1. The number of benzene rings is 2. The van der Waals surface area contributed by atoms with E-state index in [2.05, 4.69) is 48.5 Å². The molecular weight excluding hydrogens is 296 g/mol. The quantitative estimate of drug-likeness (QED) is 0.786. The van der Waals surface area contributed by atoms with Crippen molar-refractivity contribution in [3.63, 3.8) is 0 Å². The van der Waals surface area contributed by atoms with Crippen LogP contribution in [-0.4, -0.2) is 18.8 Å². The van der Waals surface area contributed by atoms with E-state index in [1.165, 1.54) is 23.1 Å². The summed E-state index contributed by atoms with van der Waals surface area (Å²) in [7, 11) is 1.75. The molecule has 0 saturated carbocycles. The molecule has 2 aliphatic rings. The SMILES string of the molecule is COc1ccccc1C[C@@]12CCC[C@@H](C=C(c3ccccc3)C1)O2. The second kappa shape index (κ2) is 6.45. The zero-order valence-corrected chi connectivity index (χ0v) is 14.2. The van der Waals surface area contributed by atoms with Crippen LogP contribution in [0.25, 0.3) is 5.57 Å². The van der Waals surface area contributed by atoms with Crippen molar-refractivity contribution >= 4 is 5.57 Å². The Hall–Kier alpha value is -2.06. The molecule has 0 unspecified atom stereocenters. The molecule has 1 saturated heterocycles. The first kappa shape index (κ1) is 15.5. The maximum absolute atomic E-state index is 6.53. The summed E-state index contributed by atoms with van der Waals surface area (Å²) in [5, 5.41) is 0. The minimum absolute atomic E-state index is 0.0997. The minimum Gasteiger partial charge on any atom is -0.496 e. The van der Waals surface area contributed by atoms with Gasteiger partial charge in [-0.1, -0.05) is 54.6 Å². The Morgan fingerprint density at radius 3 is 2.71 bits per heavy atom. The normalized spacial score (nSPS) is 25.9. The highest BCUT2D eigenvalue weighted by atomic mass is 16.5. The molecule has 2 aromatic carbocycles. The summed E-state index contributed by atoms with van der Waals surface area (Å²) >= 11 is 0. The van der Waals surface area contributed by atoms with Gasteiger partial charge in [0, 0.05) is 12.8 Å². The Labute approximate surface area is 144 Å². The molecule has 2 bridgehead atoms. The van der Waals surface area contributed by atoms with E-state index in [0.29, 0.717) is 0 Å². The third-order valence-corrected chi connectivity index (χ3v) is 5.27. The van der Waals surface area contributed by atoms with Crippen molar-refractivity contribution in [1.29, 1.82) is 0 Å². The van der Waals surface area contributed by atoms with E-state index < -0.39 is 0 Å². The second-order valence-corrected chi connectivity index (χ2v) is 6.95. The molecule has 4 rings (SSSR count). The molecule has 124 valence electrons. The summed E-state index contributed by atoms with van der Waals surface area (Å²) in [5.74, 6) is 0.966. The maximum atomic E-state index is 6.53. The van der Waals surface area contributed by atoms with Crippen LogP contribution in [0, 0.1) is 0 Å². The molecule has 0 amide bonds. The summed E-state index contributed by atoms with van der Waals surface area (Å²) in [6, 6.07) is 19.1. The lowest BCUT2D eigenvalue weighted by Gasteiger charge is -2.45. The summed E-state index contributed by atoms with van der Waals surface area (Å²) in [5.41, 5.74) is 3.91. The average molecular weight is 320 g/mol. The number of hydrogen-bond acceptors (Lipinski definition) is 2. The summed E-state index contributed by atoms with van der Waals surface area (Å²) < 4.78 is 12.1. The fourth-order valence-electron chi connectivity index (χ4n) is 4.18. The number of para-hydroxylation sites is 1. The topological polar surface area (TPSA) is 18.5 Å². The third kappa shape index (κ3) is 2.99. The first-order valence-corrected chi connectivity index (χ1v) is 8.84. The molecule has 2 nitrogen and oxygen atoms in total. The van der Waals surface area contributed by atoms with Gasteiger partial charge >= 0.3 is 0 Å². The van der Waals surface area contributed by atoms with Gasteiger partial charge in [-0.25, -0.2) is 0 Å². The van der Waals surface area contributed by atoms with Gasteiger partial charge in [0.15, 0.2) is 0 Å². The largest absolute Gasteiger partial charge is 0.496 e. The molecule has 2 heteroatoms. The van der Waals surface area contributed by atoms with Crippen LogP contribution in [0.4, 0.5) is 0 Å². The first-order chi connectivity index (χ1) is 11.8. The van der Waals surface area contributed by atoms with E-state index in [1.807, 2.05) is 12.1 Å². The monoisotopic (exact) mass is 320 g/mol. The van der Waals surface area contributed by atoms with Gasteiger partial charge in [-0.3, -0.25) is 0 Å². The van der Waals surface area contributed by atoms with Gasteiger partial charge in [-0.15, -0.1) is 0 Å². The van der Waals surface area contributed by atoms with Gasteiger partial charge in [0.1, 0.15) is 5.75 Å². The van der Waals surface area contributed by atoms with Gasteiger partial charge in [0.25, 0.3) is 0 Å². The van der Waals surface area contributed by atoms with Crippen molar-refractivity contribution in [2.45, 2.75) is 43.8 Å². The van der Waals surface area contributed by atoms with E-state index in [9.17, 15) is 0 Å². The molecule has 0 radical (unpaired) electrons. The summed E-state index contributed by atoms with van der Waals surface area (Å²) in [6.45, 7) is 0. The average Bonchev–Trinajstić information content (AvgIpc) is 2.62. The lowest BCUT2D eigenvalue weighted by molar-refractivity contribution is -0.113. The molecule has 2 heterocycles. The van der Waals surface area contributed by atoms with E-state index in [4.69, 9.17) is 9.47 Å². The highest BCUT2D eigenvalue weighted by molar-refractivity contribution is 5.68. The van der Waals surface area contributed by atoms with Crippen LogP contribution < -0.4 is 4.74 Å². The van der Waals surface area contributed by atoms with E-state index in [0.717, 1.165) is 31.4 Å². The van der Waals surface area contributed by atoms with Crippen molar-refractivity contribution < 1.29 is 9.47 Å². The fourth-order valence-corrected chi connectivity index (χ4v) is 4.18. The van der Waals surface area contributed by atoms with Crippen molar-refractivity contribution in [2.24, 2.45) is 0 Å². The molecule has 0 N–H and O–H groups in total. The number of hydrogen-bond donors (Lipinski definition) is 0. The minimum atomic E-state index is -0.0997. The summed E-state index contributed by atoms with van der Waals surface area (Å²) in [4.78, 5) is 0. The van der Waals surface area contributed by atoms with Crippen LogP contribution >= 0.6 is 0 Å². The molecule has 0 aliphatic carbocycles. The molecule has 2 aromatic rings. The van der Waals surface area contributed by atoms with Gasteiger partial charge in [-0.05, 0) is 42.0 Å². The first-order valence-electron chi connectivity index (χ1n) is 8.84. The number of fused-ring (bicyclic) bond motifs is 2. The Balaban J connectivity index is 1.65. The molecule has 2 aliphatic heterocycles. The maximum Gasteiger partial charge on any atom is 0.122 e. The Morgan fingerprint density at radius 2 is 1.88 bits per heavy atom. The highest BCUT2D eigenvalue weighted by Gasteiger charge is 2.41. The molecular formula is C22H24O2. The van der Waals surface area contributed by atoms with E-state index in [1.54, 1.807) is 7.11 Å². The van der Waals surface area contributed by atoms with Gasteiger partial charge < -0.3 is 9.47 Å². The van der Waals surface area contributed by atoms with Crippen molar-refractivity contribution in [2.75, 3.05) is 7.11 Å². The molecule has 0 spiro atoms. The Kier molecular flexibility index (Phi) is 4.15. The Morgan fingerprint density at radius 1 is 1.08 bits per heavy atom. The smallest absolute Gasteiger partial charge is 0.122 e. The molecule has 24 heavy (non-hydrogen) atoms. The van der Waals surface area contributed by atoms with E-state index >= 15 is 0 Å². The van der Waals surface area contributed by atoms with Gasteiger partial charge in [0.2, 0.25) is 0 Å². The second-order valence-electron chi connectivity index (χ2n) is 6.95.